The van der Waals surface area contributed by atoms with Crippen molar-refractivity contribution < 1.29 is 5.11 Å². The van der Waals surface area contributed by atoms with Gasteiger partial charge in [0.2, 0.25) is 0 Å². The van der Waals surface area contributed by atoms with Crippen LogP contribution in [-0.4, -0.2) is 35.7 Å². The Bertz CT molecular complexity index is 637. The lowest BCUT2D eigenvalue weighted by Crippen LogP contribution is -2.38. The molecule has 0 fully saturated rings. The summed E-state index contributed by atoms with van der Waals surface area (Å²) in [4.78, 5) is 10.2. The maximum Gasteiger partial charge on any atom is 0.191 e. The highest BCUT2D eigenvalue weighted by atomic mass is 32.1. The Morgan fingerprint density at radius 2 is 2.00 bits per heavy atom. The van der Waals surface area contributed by atoms with E-state index in [-0.39, 0.29) is 0 Å². The maximum atomic E-state index is 9.28. The predicted molar refractivity (Wildman–Crippen MR) is 101 cm³/mol. The van der Waals surface area contributed by atoms with E-state index in [4.69, 9.17) is 0 Å². The van der Waals surface area contributed by atoms with Crippen LogP contribution < -0.4 is 10.6 Å². The predicted octanol–water partition coefficient (Wildman–Crippen LogP) is 2.89. The Hall–Kier alpha value is -2.08. The van der Waals surface area contributed by atoms with Gasteiger partial charge in [0.25, 0.3) is 0 Å². The Kier molecular flexibility index (Phi) is 7.55. The van der Waals surface area contributed by atoms with E-state index < -0.39 is 0 Å². The molecule has 0 aliphatic carbocycles. The van der Waals surface area contributed by atoms with Gasteiger partial charge < -0.3 is 15.7 Å². The van der Waals surface area contributed by atoms with Crippen LogP contribution in [0.15, 0.2) is 35.5 Å². The lowest BCUT2D eigenvalue weighted by molar-refractivity contribution is 0.475. The summed E-state index contributed by atoms with van der Waals surface area (Å²) in [5.74, 6) is 1.17. The molecule has 130 valence electrons. The molecule has 0 unspecified atom stereocenters. The van der Waals surface area contributed by atoms with Crippen molar-refractivity contribution in [2.45, 2.75) is 33.1 Å². The molecule has 0 radical (unpaired) electrons. The molecule has 5 nitrogen and oxygen atoms in total. The van der Waals surface area contributed by atoms with E-state index in [1.54, 1.807) is 23.5 Å². The zero-order valence-electron chi connectivity index (χ0n) is 14.4. The van der Waals surface area contributed by atoms with E-state index >= 15 is 0 Å². The first-order chi connectivity index (χ1) is 11.7. The van der Waals surface area contributed by atoms with Crippen molar-refractivity contribution in [1.29, 1.82) is 0 Å². The number of nitrogens with zero attached hydrogens (tertiary/aromatic N) is 2. The van der Waals surface area contributed by atoms with Gasteiger partial charge in [-0.05, 0) is 44.4 Å². The van der Waals surface area contributed by atoms with Gasteiger partial charge in [-0.1, -0.05) is 12.1 Å². The summed E-state index contributed by atoms with van der Waals surface area (Å²) in [6, 6.07) is 7.37. The Balaban J connectivity index is 1.72. The molecule has 0 atom stereocenters. The number of thiazole rings is 1. The maximum absolute atomic E-state index is 9.28. The summed E-state index contributed by atoms with van der Waals surface area (Å²) >= 11 is 1.74. The number of aliphatic imine (C=N–C) groups is 1. The van der Waals surface area contributed by atoms with Crippen molar-refractivity contribution in [3.63, 3.8) is 0 Å². The second-order valence-electron chi connectivity index (χ2n) is 5.57. The van der Waals surface area contributed by atoms with Crippen LogP contribution in [0.2, 0.25) is 0 Å². The number of aromatic nitrogens is 1. The summed E-state index contributed by atoms with van der Waals surface area (Å²) in [5, 5.41) is 17.1. The number of phenolic OH excluding ortho intramolecular Hbond substituents is 1. The molecule has 0 saturated heterocycles. The van der Waals surface area contributed by atoms with Crippen LogP contribution in [0.1, 0.15) is 28.8 Å². The first-order valence-corrected chi connectivity index (χ1v) is 9.20. The molecule has 0 saturated carbocycles. The summed E-state index contributed by atoms with van der Waals surface area (Å²) in [7, 11) is 0. The number of aromatic hydroxyl groups is 1. The van der Waals surface area contributed by atoms with E-state index in [2.05, 4.69) is 34.5 Å². The Morgan fingerprint density at radius 3 is 2.67 bits per heavy atom. The fraction of sp³-hybridized carbons (Fsp3) is 0.444. The quantitative estimate of drug-likeness (QED) is 0.390. The van der Waals surface area contributed by atoms with Gasteiger partial charge in [-0.15, -0.1) is 11.3 Å². The van der Waals surface area contributed by atoms with E-state index in [1.165, 1.54) is 10.4 Å². The Labute approximate surface area is 147 Å². The average Bonchev–Trinajstić information content (AvgIpc) is 2.98. The highest BCUT2D eigenvalue weighted by Gasteiger charge is 2.01. The molecule has 6 heteroatoms. The normalized spacial score (nSPS) is 11.5. The molecule has 24 heavy (non-hydrogen) atoms. The Morgan fingerprint density at radius 1 is 1.21 bits per heavy atom. The minimum absolute atomic E-state index is 0.311. The third-order valence-corrected chi connectivity index (χ3v) is 4.45. The van der Waals surface area contributed by atoms with E-state index in [9.17, 15) is 5.11 Å². The van der Waals surface area contributed by atoms with Crippen LogP contribution in [0, 0.1) is 6.92 Å². The lowest BCUT2D eigenvalue weighted by atomic mass is 10.1. The van der Waals surface area contributed by atoms with Gasteiger partial charge in [0.05, 0.1) is 5.01 Å². The molecule has 3 N–H and O–H groups in total. The van der Waals surface area contributed by atoms with Gasteiger partial charge in [-0.3, -0.25) is 4.99 Å². The number of guanidine groups is 1. The zero-order chi connectivity index (χ0) is 17.2. The molecule has 0 aliphatic heterocycles. The molecule has 0 aliphatic rings. The number of aryl methyl sites for hydroxylation is 2. The smallest absolute Gasteiger partial charge is 0.191 e. The van der Waals surface area contributed by atoms with Crippen molar-refractivity contribution in [1.82, 2.24) is 15.6 Å². The largest absolute Gasteiger partial charge is 0.508 e. The summed E-state index contributed by atoms with van der Waals surface area (Å²) in [6.45, 7) is 6.59. The van der Waals surface area contributed by atoms with Crippen LogP contribution in [0.4, 0.5) is 0 Å². The molecule has 1 aromatic carbocycles. The summed E-state index contributed by atoms with van der Waals surface area (Å²) in [6.07, 6.45) is 4.77. The van der Waals surface area contributed by atoms with Crippen LogP contribution in [0.5, 0.6) is 5.75 Å². The van der Waals surface area contributed by atoms with Gasteiger partial charge in [0.1, 0.15) is 5.75 Å². The van der Waals surface area contributed by atoms with Crippen molar-refractivity contribution in [3.8, 4) is 5.75 Å². The zero-order valence-corrected chi connectivity index (χ0v) is 15.2. The van der Waals surface area contributed by atoms with Crippen molar-refractivity contribution in [2.75, 3.05) is 19.6 Å². The van der Waals surface area contributed by atoms with Crippen molar-refractivity contribution >= 4 is 17.3 Å². The number of rotatable bonds is 8. The average molecular weight is 347 g/mol. The fourth-order valence-electron chi connectivity index (χ4n) is 2.28. The molecule has 1 aromatic heterocycles. The molecule has 2 aromatic rings. The SMILES string of the molecule is CCNC(=NCCCc1ccc(O)cc1)NCCc1ncc(C)s1. The molecule has 0 bridgehead atoms. The first-order valence-electron chi connectivity index (χ1n) is 8.38. The molecule has 0 amide bonds. The van der Waals surface area contributed by atoms with Gasteiger partial charge in [0.15, 0.2) is 5.96 Å². The minimum atomic E-state index is 0.311. The standard InChI is InChI=1S/C18H26N4OS/c1-3-19-18(21-12-10-17-22-13-14(2)24-17)20-11-4-5-15-6-8-16(23)9-7-15/h6-9,13,23H,3-5,10-12H2,1-2H3,(H2,19,20,21). The van der Waals surface area contributed by atoms with Crippen LogP contribution in [0.3, 0.4) is 0 Å². The highest BCUT2D eigenvalue weighted by molar-refractivity contribution is 7.11. The van der Waals surface area contributed by atoms with Crippen LogP contribution in [0.25, 0.3) is 0 Å². The lowest BCUT2D eigenvalue weighted by Gasteiger charge is -2.10. The van der Waals surface area contributed by atoms with Gasteiger partial charge >= 0.3 is 0 Å². The molecule has 0 spiro atoms. The van der Waals surface area contributed by atoms with E-state index in [0.717, 1.165) is 49.9 Å². The minimum Gasteiger partial charge on any atom is -0.508 e. The van der Waals surface area contributed by atoms with Gasteiger partial charge in [-0.2, -0.15) is 0 Å². The fourth-order valence-corrected chi connectivity index (χ4v) is 3.07. The number of nitrogens with one attached hydrogen (secondary N) is 2. The number of hydrogen-bond acceptors (Lipinski definition) is 4. The molecular weight excluding hydrogens is 320 g/mol. The third kappa shape index (κ3) is 6.58. The second kappa shape index (κ2) is 9.93. The second-order valence-corrected chi connectivity index (χ2v) is 6.89. The molecular formula is C18H26N4OS. The van der Waals surface area contributed by atoms with E-state index in [0.29, 0.717) is 5.75 Å². The first kappa shape index (κ1) is 18.3. The van der Waals surface area contributed by atoms with Crippen molar-refractivity contribution in [2.24, 2.45) is 4.99 Å². The number of benzene rings is 1. The summed E-state index contributed by atoms with van der Waals surface area (Å²) in [5.41, 5.74) is 1.22. The number of hydrogen-bond donors (Lipinski definition) is 3. The van der Waals surface area contributed by atoms with E-state index in [1.807, 2.05) is 18.3 Å². The van der Waals surface area contributed by atoms with Crippen LogP contribution >= 0.6 is 11.3 Å². The van der Waals surface area contributed by atoms with Gasteiger partial charge in [0, 0.05) is 37.1 Å². The third-order valence-electron chi connectivity index (χ3n) is 3.47. The summed E-state index contributed by atoms with van der Waals surface area (Å²) < 4.78 is 0. The highest BCUT2D eigenvalue weighted by Crippen LogP contribution is 2.11. The topological polar surface area (TPSA) is 69.5 Å². The van der Waals surface area contributed by atoms with Crippen molar-refractivity contribution in [3.05, 3.63) is 45.9 Å². The molecule has 1 heterocycles. The number of phenols is 1. The monoisotopic (exact) mass is 346 g/mol. The van der Waals surface area contributed by atoms with Crippen LogP contribution in [-0.2, 0) is 12.8 Å². The van der Waals surface area contributed by atoms with Gasteiger partial charge in [-0.25, -0.2) is 4.98 Å². The molecule has 2 rings (SSSR count).